The average molecular weight is 427 g/mol. The summed E-state index contributed by atoms with van der Waals surface area (Å²) in [6, 6.07) is 13.8. The number of aromatic amines is 1. The number of carbonyl (C=O) groups excluding carboxylic acids is 1. The molecule has 1 atom stereocenters. The minimum atomic E-state index is -0.114. The second-order valence-electron chi connectivity index (χ2n) is 7.92. The van der Waals surface area contributed by atoms with Crippen LogP contribution in [0.25, 0.3) is 10.9 Å². The molecule has 2 N–H and O–H groups in total. The number of hydrogen-bond acceptors (Lipinski definition) is 2. The highest BCUT2D eigenvalue weighted by Crippen LogP contribution is 2.38. The number of quaternary nitrogens is 1. The van der Waals surface area contributed by atoms with E-state index < -0.39 is 0 Å². The molecule has 0 unspecified atom stereocenters. The molecule has 1 aliphatic heterocycles. The lowest BCUT2D eigenvalue weighted by Crippen LogP contribution is -3.14. The normalized spacial score (nSPS) is 16.0. The summed E-state index contributed by atoms with van der Waals surface area (Å²) in [5.74, 6) is 0.877. The number of ether oxygens (including phenoxy) is 1. The summed E-state index contributed by atoms with van der Waals surface area (Å²) in [4.78, 5) is 20.2. The Bertz CT molecular complexity index is 1020. The van der Waals surface area contributed by atoms with Gasteiger partial charge in [-0.2, -0.15) is 0 Å². The van der Waals surface area contributed by atoms with E-state index in [1.165, 1.54) is 0 Å². The fraction of sp³-hybridized carbons (Fsp3) is 0.375. The molecule has 0 aliphatic carbocycles. The van der Waals surface area contributed by atoms with E-state index in [-0.39, 0.29) is 11.8 Å². The van der Waals surface area contributed by atoms with Gasteiger partial charge in [-0.15, -0.1) is 0 Å². The van der Waals surface area contributed by atoms with Gasteiger partial charge in [0.25, 0.3) is 0 Å². The van der Waals surface area contributed by atoms with E-state index in [2.05, 4.69) is 18.0 Å². The van der Waals surface area contributed by atoms with Gasteiger partial charge in [0, 0.05) is 40.0 Å². The molecule has 0 radical (unpaired) electrons. The number of piperazine rings is 1. The number of nitrogens with zero attached hydrogens (tertiary/aromatic N) is 1. The molecule has 1 aromatic heterocycles. The molecule has 0 saturated carbocycles. The SMILES string of the molecule is CC[NH+]1CCN(C(=O)C[C@H](c2ccccc2OC)c2c[nH]c3ccc(Cl)cc23)CC1. The Morgan fingerprint density at radius 1 is 1.20 bits per heavy atom. The van der Waals surface area contributed by atoms with E-state index in [1.54, 1.807) is 12.0 Å². The van der Waals surface area contributed by atoms with E-state index in [9.17, 15) is 4.79 Å². The van der Waals surface area contributed by atoms with Gasteiger partial charge in [0.1, 0.15) is 5.75 Å². The van der Waals surface area contributed by atoms with Crippen molar-refractivity contribution in [1.29, 1.82) is 0 Å². The molecule has 1 amide bonds. The van der Waals surface area contributed by atoms with Crippen molar-refractivity contribution >= 4 is 28.4 Å². The predicted octanol–water partition coefficient (Wildman–Crippen LogP) is 3.10. The van der Waals surface area contributed by atoms with Gasteiger partial charge in [-0.25, -0.2) is 0 Å². The van der Waals surface area contributed by atoms with E-state index in [4.69, 9.17) is 16.3 Å². The van der Waals surface area contributed by atoms with Gasteiger partial charge in [-0.3, -0.25) is 4.79 Å². The smallest absolute Gasteiger partial charge is 0.223 e. The van der Waals surface area contributed by atoms with Gasteiger partial charge in [-0.05, 0) is 36.8 Å². The van der Waals surface area contributed by atoms with Crippen LogP contribution < -0.4 is 9.64 Å². The van der Waals surface area contributed by atoms with Crippen molar-refractivity contribution in [1.82, 2.24) is 9.88 Å². The van der Waals surface area contributed by atoms with Crippen LogP contribution in [0.1, 0.15) is 30.4 Å². The lowest BCUT2D eigenvalue weighted by atomic mass is 9.87. The molecular formula is C24H29ClN3O2+. The molecule has 0 spiro atoms. The zero-order valence-corrected chi connectivity index (χ0v) is 18.3. The zero-order chi connectivity index (χ0) is 21.1. The number of benzene rings is 2. The minimum absolute atomic E-state index is 0.114. The standard InChI is InChI=1S/C24H28ClN3O2/c1-3-27-10-12-28(13-11-27)24(29)15-19(18-6-4-5-7-23(18)30-2)21-16-26-22-9-8-17(25)14-20(21)22/h4-9,14,16,19,26H,3,10-13,15H2,1-2H3/p+1/t19-/m1/s1. The maximum Gasteiger partial charge on any atom is 0.223 e. The van der Waals surface area contributed by atoms with Gasteiger partial charge in [0.2, 0.25) is 5.91 Å². The maximum absolute atomic E-state index is 13.3. The molecular weight excluding hydrogens is 398 g/mol. The molecule has 6 heteroatoms. The number of amides is 1. The summed E-state index contributed by atoms with van der Waals surface area (Å²) in [6.45, 7) is 6.99. The van der Waals surface area contributed by atoms with E-state index >= 15 is 0 Å². The first-order valence-electron chi connectivity index (χ1n) is 10.6. The summed E-state index contributed by atoms with van der Waals surface area (Å²) in [5, 5.41) is 1.73. The Balaban J connectivity index is 1.69. The first-order valence-corrected chi connectivity index (χ1v) is 11.0. The van der Waals surface area contributed by atoms with Crippen LogP contribution >= 0.6 is 11.6 Å². The van der Waals surface area contributed by atoms with Crippen LogP contribution in [0, 0.1) is 0 Å². The van der Waals surface area contributed by atoms with Gasteiger partial charge in [0.15, 0.2) is 0 Å². The van der Waals surface area contributed by atoms with Gasteiger partial charge in [-0.1, -0.05) is 29.8 Å². The Kier molecular flexibility index (Phi) is 6.30. The molecule has 3 aromatic rings. The maximum atomic E-state index is 13.3. The third-order valence-corrected chi connectivity index (χ3v) is 6.50. The Hall–Kier alpha value is -2.50. The van der Waals surface area contributed by atoms with E-state index in [1.807, 2.05) is 47.5 Å². The number of fused-ring (bicyclic) bond motifs is 1. The highest BCUT2D eigenvalue weighted by molar-refractivity contribution is 6.31. The Labute approximate surface area is 182 Å². The first kappa shape index (κ1) is 20.8. The number of H-pyrrole nitrogens is 1. The quantitative estimate of drug-likeness (QED) is 0.636. The summed E-state index contributed by atoms with van der Waals surface area (Å²) >= 11 is 6.30. The average Bonchev–Trinajstić information content (AvgIpc) is 3.20. The second kappa shape index (κ2) is 9.11. The van der Waals surface area contributed by atoms with Crippen molar-refractivity contribution in [2.75, 3.05) is 39.8 Å². The molecule has 30 heavy (non-hydrogen) atoms. The van der Waals surface area contributed by atoms with Crippen LogP contribution in [0.2, 0.25) is 5.02 Å². The van der Waals surface area contributed by atoms with Crippen LogP contribution in [-0.2, 0) is 4.79 Å². The van der Waals surface area contributed by atoms with E-state index in [0.717, 1.165) is 60.5 Å². The summed E-state index contributed by atoms with van der Waals surface area (Å²) in [7, 11) is 1.68. The number of para-hydroxylation sites is 1. The van der Waals surface area contributed by atoms with Crippen molar-refractivity contribution in [3.05, 3.63) is 64.8 Å². The van der Waals surface area contributed by atoms with Crippen molar-refractivity contribution in [2.45, 2.75) is 19.3 Å². The number of rotatable bonds is 6. The number of carbonyl (C=O) groups is 1. The molecule has 1 fully saturated rings. The topological polar surface area (TPSA) is 49.8 Å². The Morgan fingerprint density at radius 2 is 1.97 bits per heavy atom. The third kappa shape index (κ3) is 4.18. The lowest BCUT2D eigenvalue weighted by molar-refractivity contribution is -0.902. The Morgan fingerprint density at radius 3 is 2.70 bits per heavy atom. The van der Waals surface area contributed by atoms with Crippen molar-refractivity contribution in [3.63, 3.8) is 0 Å². The molecule has 1 saturated heterocycles. The zero-order valence-electron chi connectivity index (χ0n) is 17.6. The second-order valence-corrected chi connectivity index (χ2v) is 8.35. The monoisotopic (exact) mass is 426 g/mol. The van der Waals surface area contributed by atoms with Gasteiger partial charge < -0.3 is 19.5 Å². The molecule has 4 rings (SSSR count). The number of halogens is 1. The number of hydrogen-bond donors (Lipinski definition) is 2. The number of likely N-dealkylation sites (N-methyl/N-ethyl adjacent to an activating group) is 1. The molecule has 2 aromatic carbocycles. The number of aromatic nitrogens is 1. The van der Waals surface area contributed by atoms with Crippen molar-refractivity contribution < 1.29 is 14.4 Å². The molecule has 158 valence electrons. The third-order valence-electron chi connectivity index (χ3n) is 6.27. The minimum Gasteiger partial charge on any atom is -0.496 e. The number of nitrogens with one attached hydrogen (secondary N) is 2. The van der Waals surface area contributed by atoms with Gasteiger partial charge in [0.05, 0.1) is 39.8 Å². The molecule has 1 aliphatic rings. The number of methoxy groups -OCH3 is 1. The summed E-state index contributed by atoms with van der Waals surface area (Å²) in [6.07, 6.45) is 2.41. The molecule has 5 nitrogen and oxygen atoms in total. The highest BCUT2D eigenvalue weighted by atomic mass is 35.5. The summed E-state index contributed by atoms with van der Waals surface area (Å²) in [5.41, 5.74) is 3.11. The van der Waals surface area contributed by atoms with Crippen molar-refractivity contribution in [2.24, 2.45) is 0 Å². The van der Waals surface area contributed by atoms with E-state index in [0.29, 0.717) is 11.4 Å². The molecule has 2 heterocycles. The fourth-order valence-electron chi connectivity index (χ4n) is 4.47. The predicted molar refractivity (Wildman–Crippen MR) is 121 cm³/mol. The van der Waals surface area contributed by atoms with Crippen LogP contribution in [0.5, 0.6) is 5.75 Å². The first-order chi connectivity index (χ1) is 14.6. The molecule has 0 bridgehead atoms. The summed E-state index contributed by atoms with van der Waals surface area (Å²) < 4.78 is 5.65. The van der Waals surface area contributed by atoms with Crippen LogP contribution in [0.15, 0.2) is 48.7 Å². The largest absolute Gasteiger partial charge is 0.496 e. The lowest BCUT2D eigenvalue weighted by Gasteiger charge is -2.32. The van der Waals surface area contributed by atoms with Crippen LogP contribution in [0.3, 0.4) is 0 Å². The fourth-order valence-corrected chi connectivity index (χ4v) is 4.65. The highest BCUT2D eigenvalue weighted by Gasteiger charge is 2.29. The van der Waals surface area contributed by atoms with Crippen molar-refractivity contribution in [3.8, 4) is 5.75 Å². The van der Waals surface area contributed by atoms with Crippen LogP contribution in [-0.4, -0.2) is 55.6 Å². The van der Waals surface area contributed by atoms with Crippen LogP contribution in [0.4, 0.5) is 0 Å². The van der Waals surface area contributed by atoms with Gasteiger partial charge >= 0.3 is 0 Å².